The fourth-order valence-electron chi connectivity index (χ4n) is 4.01. The number of para-hydroxylation sites is 1. The Morgan fingerprint density at radius 2 is 2.06 bits per heavy atom. The molecule has 154 valence electrons. The van der Waals surface area contributed by atoms with Crippen molar-refractivity contribution in [3.8, 4) is 11.5 Å². The molecule has 0 fully saturated rings. The number of thiazole rings is 1. The Balaban J connectivity index is 1.48. The van der Waals surface area contributed by atoms with Gasteiger partial charge in [0.05, 0.1) is 0 Å². The summed E-state index contributed by atoms with van der Waals surface area (Å²) in [5, 5.41) is 1.19. The summed E-state index contributed by atoms with van der Waals surface area (Å²) in [5.41, 5.74) is 4.64. The number of allylic oxidation sites excluding steroid dienone is 3. The fraction of sp³-hybridized carbons (Fsp3) is 0.154. The average molecular weight is 429 g/mol. The standard InChI is InChI=1S/C26H22NO3S/c1-3-25(28)29-20-13-11-18-15-19-8-6-7-17(26(19)30-22(18)16-20)12-14-24-27(2)21-9-4-5-10-23(21)31-24/h3-5,9-16H,1,6-8H2,2H3/q+1/b14-12+. The first kappa shape index (κ1) is 19.5. The zero-order chi connectivity index (χ0) is 21.4. The lowest BCUT2D eigenvalue weighted by atomic mass is 9.90. The highest BCUT2D eigenvalue weighted by Gasteiger charge is 2.24. The molecule has 5 heteroatoms. The average Bonchev–Trinajstić information content (AvgIpc) is 3.12. The summed E-state index contributed by atoms with van der Waals surface area (Å²) in [6.07, 6.45) is 10.8. The number of esters is 1. The first-order chi connectivity index (χ1) is 15.1. The van der Waals surface area contributed by atoms with E-state index in [0.717, 1.165) is 36.7 Å². The van der Waals surface area contributed by atoms with Crippen molar-refractivity contribution in [1.29, 1.82) is 0 Å². The summed E-state index contributed by atoms with van der Waals surface area (Å²) in [5.74, 6) is 1.59. The second-order valence-electron chi connectivity index (χ2n) is 7.60. The number of hydrogen-bond acceptors (Lipinski definition) is 4. The van der Waals surface area contributed by atoms with Crippen LogP contribution in [0.2, 0.25) is 0 Å². The maximum absolute atomic E-state index is 11.5. The number of hydrogen-bond donors (Lipinski definition) is 0. The van der Waals surface area contributed by atoms with Gasteiger partial charge < -0.3 is 9.47 Å². The third kappa shape index (κ3) is 3.73. The Morgan fingerprint density at radius 1 is 1.19 bits per heavy atom. The highest BCUT2D eigenvalue weighted by atomic mass is 32.1. The third-order valence-electron chi connectivity index (χ3n) is 5.59. The van der Waals surface area contributed by atoms with Crippen molar-refractivity contribution in [3.05, 3.63) is 88.7 Å². The minimum absolute atomic E-state index is 0.450. The van der Waals surface area contributed by atoms with Crippen LogP contribution in [0.4, 0.5) is 0 Å². The lowest BCUT2D eigenvalue weighted by Crippen LogP contribution is -2.28. The predicted octanol–water partition coefficient (Wildman–Crippen LogP) is 5.74. The van der Waals surface area contributed by atoms with Crippen molar-refractivity contribution in [3.63, 3.8) is 0 Å². The maximum atomic E-state index is 11.5. The predicted molar refractivity (Wildman–Crippen MR) is 124 cm³/mol. The monoisotopic (exact) mass is 428 g/mol. The summed E-state index contributed by atoms with van der Waals surface area (Å²) in [7, 11) is 2.10. The summed E-state index contributed by atoms with van der Waals surface area (Å²) >= 11 is 1.78. The minimum atomic E-state index is -0.483. The van der Waals surface area contributed by atoms with Crippen molar-refractivity contribution in [1.82, 2.24) is 0 Å². The quantitative estimate of drug-likeness (QED) is 0.230. The zero-order valence-electron chi connectivity index (χ0n) is 17.3. The van der Waals surface area contributed by atoms with Gasteiger partial charge in [-0.15, -0.1) is 0 Å². The molecule has 0 spiro atoms. The van der Waals surface area contributed by atoms with Crippen molar-refractivity contribution in [2.24, 2.45) is 7.05 Å². The number of ether oxygens (including phenoxy) is 2. The van der Waals surface area contributed by atoms with Crippen molar-refractivity contribution >= 4 is 39.7 Å². The molecule has 0 saturated heterocycles. The number of rotatable bonds is 4. The maximum Gasteiger partial charge on any atom is 0.335 e. The van der Waals surface area contributed by atoms with E-state index in [-0.39, 0.29) is 0 Å². The number of carbonyl (C=O) groups is 1. The SMILES string of the molecule is C=CC(=O)Oc1ccc2c(c1)OC1=C(/C=C/c3sc4ccccc4[n+]3C)CCCC1=C2. The molecule has 0 saturated carbocycles. The van der Waals surface area contributed by atoms with E-state index in [1.165, 1.54) is 26.4 Å². The first-order valence-corrected chi connectivity index (χ1v) is 11.1. The van der Waals surface area contributed by atoms with E-state index in [1.54, 1.807) is 23.5 Å². The molecular weight excluding hydrogens is 406 g/mol. The smallest absolute Gasteiger partial charge is 0.335 e. The van der Waals surface area contributed by atoms with Gasteiger partial charge in [-0.1, -0.05) is 30.0 Å². The number of fused-ring (bicyclic) bond motifs is 3. The fourth-order valence-corrected chi connectivity index (χ4v) is 5.06. The van der Waals surface area contributed by atoms with Gasteiger partial charge in [-0.2, -0.15) is 4.57 Å². The number of aromatic nitrogens is 1. The molecule has 0 amide bonds. The number of benzene rings is 2. The van der Waals surface area contributed by atoms with E-state index >= 15 is 0 Å². The molecular formula is C26H22NO3S+. The molecule has 0 radical (unpaired) electrons. The molecule has 2 aromatic carbocycles. The molecule has 1 aliphatic heterocycles. The van der Waals surface area contributed by atoms with Crippen LogP contribution in [0.3, 0.4) is 0 Å². The second kappa shape index (κ2) is 8.00. The molecule has 1 aliphatic carbocycles. The number of aryl methyl sites for hydroxylation is 1. The van der Waals surface area contributed by atoms with Gasteiger partial charge in [0.15, 0.2) is 0 Å². The summed E-state index contributed by atoms with van der Waals surface area (Å²) in [4.78, 5) is 11.5. The molecule has 1 aromatic heterocycles. The molecule has 3 aromatic rings. The van der Waals surface area contributed by atoms with E-state index in [4.69, 9.17) is 9.47 Å². The summed E-state index contributed by atoms with van der Waals surface area (Å²) in [6, 6.07) is 13.9. The van der Waals surface area contributed by atoms with Crippen LogP contribution in [0.25, 0.3) is 22.4 Å². The Morgan fingerprint density at radius 3 is 2.90 bits per heavy atom. The van der Waals surface area contributed by atoms with Crippen LogP contribution < -0.4 is 14.0 Å². The number of carbonyl (C=O) groups excluding carboxylic acids is 1. The molecule has 0 N–H and O–H groups in total. The lowest BCUT2D eigenvalue weighted by Gasteiger charge is -2.26. The molecule has 2 aliphatic rings. The largest absolute Gasteiger partial charge is 0.456 e. The Kier molecular flexibility index (Phi) is 5.04. The molecule has 31 heavy (non-hydrogen) atoms. The van der Waals surface area contributed by atoms with Crippen molar-refractivity contribution in [2.75, 3.05) is 0 Å². The number of nitrogens with zero attached hydrogens (tertiary/aromatic N) is 1. The highest BCUT2D eigenvalue weighted by Crippen LogP contribution is 2.41. The first-order valence-electron chi connectivity index (χ1n) is 10.3. The van der Waals surface area contributed by atoms with Crippen LogP contribution >= 0.6 is 11.3 Å². The van der Waals surface area contributed by atoms with Crippen LogP contribution in [0.5, 0.6) is 11.5 Å². The molecule has 0 bridgehead atoms. The van der Waals surface area contributed by atoms with Crippen LogP contribution in [0.15, 0.2) is 78.1 Å². The normalized spacial score (nSPS) is 15.3. The minimum Gasteiger partial charge on any atom is -0.456 e. The van der Waals surface area contributed by atoms with Gasteiger partial charge >= 0.3 is 5.97 Å². The van der Waals surface area contributed by atoms with E-state index in [0.29, 0.717) is 11.5 Å². The lowest BCUT2D eigenvalue weighted by molar-refractivity contribution is -0.642. The van der Waals surface area contributed by atoms with Gasteiger partial charge in [0.1, 0.15) is 29.0 Å². The third-order valence-corrected chi connectivity index (χ3v) is 6.77. The van der Waals surface area contributed by atoms with E-state index in [9.17, 15) is 4.79 Å². The molecule has 2 heterocycles. The van der Waals surface area contributed by atoms with E-state index in [1.807, 2.05) is 6.07 Å². The molecule has 5 rings (SSSR count). The van der Waals surface area contributed by atoms with Crippen molar-refractivity contribution < 1.29 is 18.8 Å². The second-order valence-corrected chi connectivity index (χ2v) is 8.67. The molecule has 0 atom stereocenters. The van der Waals surface area contributed by atoms with Crippen LogP contribution in [-0.4, -0.2) is 5.97 Å². The van der Waals surface area contributed by atoms with Crippen LogP contribution in [0.1, 0.15) is 29.8 Å². The van der Waals surface area contributed by atoms with Gasteiger partial charge in [0.2, 0.25) is 5.52 Å². The van der Waals surface area contributed by atoms with Gasteiger partial charge in [-0.25, -0.2) is 4.79 Å². The van der Waals surface area contributed by atoms with E-state index < -0.39 is 5.97 Å². The van der Waals surface area contributed by atoms with Gasteiger partial charge in [0, 0.05) is 29.8 Å². The van der Waals surface area contributed by atoms with Crippen LogP contribution in [0, 0.1) is 0 Å². The summed E-state index contributed by atoms with van der Waals surface area (Å²) in [6.45, 7) is 3.44. The van der Waals surface area contributed by atoms with Gasteiger partial charge in [0.25, 0.3) is 5.01 Å². The molecule has 0 unspecified atom stereocenters. The Hall–Kier alpha value is -3.44. The zero-order valence-corrected chi connectivity index (χ0v) is 18.1. The van der Waals surface area contributed by atoms with Crippen LogP contribution in [-0.2, 0) is 11.8 Å². The Bertz CT molecular complexity index is 1310. The highest BCUT2D eigenvalue weighted by molar-refractivity contribution is 7.18. The Labute approximate surface area is 185 Å². The van der Waals surface area contributed by atoms with Gasteiger partial charge in [-0.05, 0) is 60.8 Å². The topological polar surface area (TPSA) is 39.4 Å². The van der Waals surface area contributed by atoms with E-state index in [2.05, 4.69) is 60.7 Å². The summed E-state index contributed by atoms with van der Waals surface area (Å²) < 4.78 is 15.1. The molecule has 4 nitrogen and oxygen atoms in total. The van der Waals surface area contributed by atoms with Gasteiger partial charge in [-0.3, -0.25) is 0 Å². The van der Waals surface area contributed by atoms with Crippen molar-refractivity contribution in [2.45, 2.75) is 19.3 Å².